The molecule has 0 aliphatic rings. The summed E-state index contributed by atoms with van der Waals surface area (Å²) < 4.78 is 18.1. The maximum Gasteiger partial charge on any atom is 0.150 e. The summed E-state index contributed by atoms with van der Waals surface area (Å²) in [7, 11) is 0. The molecule has 19 heavy (non-hydrogen) atoms. The summed E-state index contributed by atoms with van der Waals surface area (Å²) in [6.07, 6.45) is -0.0803. The summed E-state index contributed by atoms with van der Waals surface area (Å²) in [5.41, 5.74) is 1.15. The molecule has 0 aliphatic heterocycles. The van der Waals surface area contributed by atoms with E-state index in [-0.39, 0.29) is 12.4 Å². The highest BCUT2D eigenvalue weighted by atomic mass is 19.1. The molecular formula is C15H13FO3. The van der Waals surface area contributed by atoms with Crippen LogP contribution in [-0.2, 0) is 0 Å². The van der Waals surface area contributed by atoms with E-state index < -0.39 is 6.10 Å². The highest BCUT2D eigenvalue weighted by Gasteiger charge is 2.08. The van der Waals surface area contributed by atoms with Gasteiger partial charge in [0, 0.05) is 5.56 Å². The van der Waals surface area contributed by atoms with Crippen LogP contribution in [-0.4, -0.2) is 18.0 Å². The van der Waals surface area contributed by atoms with Crippen molar-refractivity contribution in [3.63, 3.8) is 0 Å². The minimum atomic E-state index is -0.827. The van der Waals surface area contributed by atoms with Crippen molar-refractivity contribution in [2.24, 2.45) is 0 Å². The number of benzene rings is 2. The number of halogens is 1. The second kappa shape index (κ2) is 6.11. The van der Waals surface area contributed by atoms with Gasteiger partial charge in [-0.25, -0.2) is 4.39 Å². The van der Waals surface area contributed by atoms with Gasteiger partial charge in [-0.15, -0.1) is 0 Å². The molecule has 2 aromatic rings. The van der Waals surface area contributed by atoms with Crippen LogP contribution < -0.4 is 4.74 Å². The normalized spacial score (nSPS) is 11.9. The first-order valence-corrected chi connectivity index (χ1v) is 5.80. The van der Waals surface area contributed by atoms with Gasteiger partial charge in [-0.1, -0.05) is 12.1 Å². The molecule has 0 aromatic heterocycles. The van der Waals surface area contributed by atoms with Gasteiger partial charge in [-0.2, -0.15) is 0 Å². The van der Waals surface area contributed by atoms with E-state index in [2.05, 4.69) is 0 Å². The fraction of sp³-hybridized carbons (Fsp3) is 0.133. The number of aliphatic hydroxyl groups is 1. The molecule has 0 saturated carbocycles. The van der Waals surface area contributed by atoms with Crippen molar-refractivity contribution in [2.45, 2.75) is 6.10 Å². The maximum absolute atomic E-state index is 12.7. The molecule has 1 atom stereocenters. The van der Waals surface area contributed by atoms with Gasteiger partial charge in [-0.05, 0) is 42.0 Å². The lowest BCUT2D eigenvalue weighted by molar-refractivity contribution is 0.108. The van der Waals surface area contributed by atoms with Crippen molar-refractivity contribution in [2.75, 3.05) is 6.61 Å². The van der Waals surface area contributed by atoms with Gasteiger partial charge >= 0.3 is 0 Å². The molecule has 0 radical (unpaired) electrons. The summed E-state index contributed by atoms with van der Waals surface area (Å²) in [5.74, 6) is 0.216. The summed E-state index contributed by atoms with van der Waals surface area (Å²) in [5, 5.41) is 9.87. The van der Waals surface area contributed by atoms with Crippen molar-refractivity contribution in [1.29, 1.82) is 0 Å². The Labute approximate surface area is 110 Å². The predicted molar refractivity (Wildman–Crippen MR) is 68.7 cm³/mol. The summed E-state index contributed by atoms with van der Waals surface area (Å²) in [6, 6.07) is 12.2. The summed E-state index contributed by atoms with van der Waals surface area (Å²) >= 11 is 0. The number of rotatable bonds is 5. The van der Waals surface area contributed by atoms with Crippen LogP contribution in [0.2, 0.25) is 0 Å². The second-order valence-electron chi connectivity index (χ2n) is 4.07. The van der Waals surface area contributed by atoms with Crippen LogP contribution in [0.5, 0.6) is 5.75 Å². The maximum atomic E-state index is 12.7. The van der Waals surface area contributed by atoms with Crippen molar-refractivity contribution in [1.82, 2.24) is 0 Å². The van der Waals surface area contributed by atoms with Gasteiger partial charge in [0.15, 0.2) is 0 Å². The highest BCUT2D eigenvalue weighted by Crippen LogP contribution is 2.17. The van der Waals surface area contributed by atoms with Crippen LogP contribution in [0, 0.1) is 5.82 Å². The molecule has 0 saturated heterocycles. The van der Waals surface area contributed by atoms with E-state index in [0.29, 0.717) is 16.9 Å². The summed E-state index contributed by atoms with van der Waals surface area (Å²) in [4.78, 5) is 10.5. The molecule has 0 aliphatic carbocycles. The fourth-order valence-corrected chi connectivity index (χ4v) is 1.60. The molecule has 0 heterocycles. The lowest BCUT2D eigenvalue weighted by Crippen LogP contribution is -2.09. The largest absolute Gasteiger partial charge is 0.491 e. The van der Waals surface area contributed by atoms with Crippen molar-refractivity contribution in [3.05, 3.63) is 65.5 Å². The van der Waals surface area contributed by atoms with Crippen LogP contribution in [0.25, 0.3) is 0 Å². The first-order chi connectivity index (χ1) is 9.19. The van der Waals surface area contributed by atoms with E-state index in [1.807, 2.05) is 0 Å². The number of hydrogen-bond acceptors (Lipinski definition) is 3. The van der Waals surface area contributed by atoms with E-state index in [0.717, 1.165) is 6.29 Å². The van der Waals surface area contributed by atoms with E-state index in [1.54, 1.807) is 24.3 Å². The van der Waals surface area contributed by atoms with Crippen LogP contribution in [0.15, 0.2) is 48.5 Å². The Morgan fingerprint density at radius 3 is 2.32 bits per heavy atom. The first kappa shape index (κ1) is 13.2. The highest BCUT2D eigenvalue weighted by molar-refractivity contribution is 5.74. The van der Waals surface area contributed by atoms with Crippen LogP contribution in [0.1, 0.15) is 22.0 Å². The number of aldehydes is 1. The SMILES string of the molecule is O=Cc1ccc(OCC(O)c2ccc(F)cc2)cc1. The molecule has 0 bridgehead atoms. The molecule has 0 spiro atoms. The fourth-order valence-electron chi connectivity index (χ4n) is 1.60. The van der Waals surface area contributed by atoms with E-state index in [1.165, 1.54) is 24.3 Å². The minimum absolute atomic E-state index is 0.0616. The number of aliphatic hydroxyl groups excluding tert-OH is 1. The molecule has 4 heteroatoms. The molecule has 1 unspecified atom stereocenters. The zero-order valence-electron chi connectivity index (χ0n) is 10.1. The topological polar surface area (TPSA) is 46.5 Å². The van der Waals surface area contributed by atoms with E-state index in [4.69, 9.17) is 4.74 Å². The Kier molecular flexibility index (Phi) is 4.26. The molecule has 0 fully saturated rings. The van der Waals surface area contributed by atoms with Crippen LogP contribution in [0.3, 0.4) is 0 Å². The molecule has 2 aromatic carbocycles. The van der Waals surface area contributed by atoms with Crippen molar-refractivity contribution >= 4 is 6.29 Å². The summed E-state index contributed by atoms with van der Waals surface area (Å²) in [6.45, 7) is 0.0616. The second-order valence-corrected chi connectivity index (χ2v) is 4.07. The number of hydrogen-bond donors (Lipinski definition) is 1. The molecule has 2 rings (SSSR count). The minimum Gasteiger partial charge on any atom is -0.491 e. The van der Waals surface area contributed by atoms with Gasteiger partial charge < -0.3 is 9.84 Å². The van der Waals surface area contributed by atoms with Gasteiger partial charge in [-0.3, -0.25) is 4.79 Å². The standard InChI is InChI=1S/C15H13FO3/c16-13-5-3-12(4-6-13)15(18)10-19-14-7-1-11(9-17)2-8-14/h1-9,15,18H,10H2. The van der Waals surface area contributed by atoms with Crippen molar-refractivity contribution in [3.8, 4) is 5.75 Å². The quantitative estimate of drug-likeness (QED) is 0.841. The Hall–Kier alpha value is -2.20. The smallest absolute Gasteiger partial charge is 0.150 e. The van der Waals surface area contributed by atoms with E-state index in [9.17, 15) is 14.3 Å². The lowest BCUT2D eigenvalue weighted by Gasteiger charge is -2.12. The third-order valence-electron chi connectivity index (χ3n) is 2.68. The van der Waals surface area contributed by atoms with Crippen LogP contribution in [0.4, 0.5) is 4.39 Å². The molecule has 98 valence electrons. The number of carbonyl (C=O) groups is 1. The zero-order valence-corrected chi connectivity index (χ0v) is 10.1. The Morgan fingerprint density at radius 1 is 1.11 bits per heavy atom. The van der Waals surface area contributed by atoms with E-state index >= 15 is 0 Å². The molecule has 1 N–H and O–H groups in total. The predicted octanol–water partition coefficient (Wildman–Crippen LogP) is 2.75. The third kappa shape index (κ3) is 3.63. The first-order valence-electron chi connectivity index (χ1n) is 5.80. The lowest BCUT2D eigenvalue weighted by atomic mass is 10.1. The molecule has 0 amide bonds. The molecular weight excluding hydrogens is 247 g/mol. The van der Waals surface area contributed by atoms with Crippen molar-refractivity contribution < 1.29 is 19.0 Å². The zero-order chi connectivity index (χ0) is 13.7. The Balaban J connectivity index is 1.93. The number of carbonyl (C=O) groups excluding carboxylic acids is 1. The Bertz CT molecular complexity index is 534. The molecule has 3 nitrogen and oxygen atoms in total. The number of ether oxygens (including phenoxy) is 1. The van der Waals surface area contributed by atoms with Crippen LogP contribution >= 0.6 is 0 Å². The van der Waals surface area contributed by atoms with Gasteiger partial charge in [0.2, 0.25) is 0 Å². The van der Waals surface area contributed by atoms with Gasteiger partial charge in [0.05, 0.1) is 0 Å². The monoisotopic (exact) mass is 260 g/mol. The average molecular weight is 260 g/mol. The Morgan fingerprint density at radius 2 is 1.74 bits per heavy atom. The third-order valence-corrected chi connectivity index (χ3v) is 2.68. The average Bonchev–Trinajstić information content (AvgIpc) is 2.46. The van der Waals surface area contributed by atoms with Gasteiger partial charge in [0.1, 0.15) is 30.6 Å². The van der Waals surface area contributed by atoms with Gasteiger partial charge in [0.25, 0.3) is 0 Å².